The summed E-state index contributed by atoms with van der Waals surface area (Å²) in [6.07, 6.45) is 1.76. The van der Waals surface area contributed by atoms with E-state index in [0.717, 1.165) is 16.3 Å². The lowest BCUT2D eigenvalue weighted by atomic mass is 9.96. The standard InChI is InChI=1S/C26H21ClN4O5/c1-14-16(6-5-9-20(14)29-23(33)19-12-28-26(35)31(2)25(19)34)17-7-4-8-18(22(17)27)21-11-10-15(13-32)24(30-21)36-3/h4-13H,1-3H3,(H,28,35)(H,29,33). The molecule has 9 nitrogen and oxygen atoms in total. The van der Waals surface area contributed by atoms with Gasteiger partial charge in [-0.05, 0) is 36.2 Å². The van der Waals surface area contributed by atoms with E-state index < -0.39 is 17.2 Å². The molecule has 0 fully saturated rings. The van der Waals surface area contributed by atoms with Crippen molar-refractivity contribution in [2.75, 3.05) is 12.4 Å². The van der Waals surface area contributed by atoms with Crippen LogP contribution in [0.4, 0.5) is 5.69 Å². The van der Waals surface area contributed by atoms with Gasteiger partial charge in [0.25, 0.3) is 11.5 Å². The second-order valence-corrected chi connectivity index (χ2v) is 8.26. The number of aldehydes is 1. The number of pyridine rings is 1. The second-order valence-electron chi connectivity index (χ2n) is 7.88. The van der Waals surface area contributed by atoms with Crippen molar-refractivity contribution in [1.82, 2.24) is 14.5 Å². The van der Waals surface area contributed by atoms with Gasteiger partial charge in [0.15, 0.2) is 6.29 Å². The molecule has 0 aliphatic rings. The number of H-pyrrole nitrogens is 1. The largest absolute Gasteiger partial charge is 0.480 e. The number of carbonyl (C=O) groups excluding carboxylic acids is 2. The monoisotopic (exact) mass is 504 g/mol. The third-order valence-electron chi connectivity index (χ3n) is 5.78. The van der Waals surface area contributed by atoms with E-state index in [-0.39, 0.29) is 11.4 Å². The quantitative estimate of drug-likeness (QED) is 0.385. The molecule has 0 unspecified atom stereocenters. The van der Waals surface area contributed by atoms with Gasteiger partial charge in [-0.25, -0.2) is 9.78 Å². The summed E-state index contributed by atoms with van der Waals surface area (Å²) in [7, 11) is 2.72. The fraction of sp³-hybridized carbons (Fsp3) is 0.115. The lowest BCUT2D eigenvalue weighted by Gasteiger charge is -2.16. The zero-order valence-electron chi connectivity index (χ0n) is 19.6. The first-order valence-electron chi connectivity index (χ1n) is 10.8. The van der Waals surface area contributed by atoms with E-state index >= 15 is 0 Å². The van der Waals surface area contributed by atoms with Crippen molar-refractivity contribution in [1.29, 1.82) is 0 Å². The number of benzene rings is 2. The molecule has 182 valence electrons. The van der Waals surface area contributed by atoms with Gasteiger partial charge in [-0.1, -0.05) is 41.9 Å². The van der Waals surface area contributed by atoms with Gasteiger partial charge in [0.2, 0.25) is 5.88 Å². The van der Waals surface area contributed by atoms with Gasteiger partial charge in [-0.3, -0.25) is 19.0 Å². The van der Waals surface area contributed by atoms with E-state index in [1.807, 2.05) is 25.1 Å². The first-order chi connectivity index (χ1) is 17.3. The van der Waals surface area contributed by atoms with E-state index in [1.165, 1.54) is 14.2 Å². The molecule has 0 aliphatic carbocycles. The molecule has 2 aromatic heterocycles. The summed E-state index contributed by atoms with van der Waals surface area (Å²) in [4.78, 5) is 54.7. The summed E-state index contributed by atoms with van der Waals surface area (Å²) in [5.74, 6) is -0.461. The lowest BCUT2D eigenvalue weighted by molar-refractivity contribution is 0.102. The minimum atomic E-state index is -0.704. The Morgan fingerprint density at radius 3 is 2.50 bits per heavy atom. The van der Waals surface area contributed by atoms with Crippen LogP contribution in [0.25, 0.3) is 22.4 Å². The molecule has 2 heterocycles. The van der Waals surface area contributed by atoms with Gasteiger partial charge in [0.1, 0.15) is 5.56 Å². The molecule has 1 amide bonds. The molecule has 0 radical (unpaired) electrons. The molecular weight excluding hydrogens is 484 g/mol. The number of halogens is 1. The van der Waals surface area contributed by atoms with Gasteiger partial charge in [-0.2, -0.15) is 0 Å². The van der Waals surface area contributed by atoms with Gasteiger partial charge >= 0.3 is 5.69 Å². The van der Waals surface area contributed by atoms with Crippen LogP contribution in [0.1, 0.15) is 26.3 Å². The van der Waals surface area contributed by atoms with E-state index in [1.54, 1.807) is 30.3 Å². The van der Waals surface area contributed by atoms with Crippen molar-refractivity contribution in [2.45, 2.75) is 6.92 Å². The fourth-order valence-electron chi connectivity index (χ4n) is 3.77. The molecule has 2 aromatic carbocycles. The molecule has 0 spiro atoms. The van der Waals surface area contributed by atoms with Crippen molar-refractivity contribution in [3.05, 3.63) is 97.3 Å². The van der Waals surface area contributed by atoms with Crippen molar-refractivity contribution in [3.8, 4) is 28.3 Å². The highest BCUT2D eigenvalue weighted by atomic mass is 35.5. The van der Waals surface area contributed by atoms with Gasteiger partial charge in [0.05, 0.1) is 23.4 Å². The molecule has 4 aromatic rings. The van der Waals surface area contributed by atoms with Crippen molar-refractivity contribution < 1.29 is 14.3 Å². The number of hydrogen-bond acceptors (Lipinski definition) is 6. The number of anilines is 1. The predicted molar refractivity (Wildman–Crippen MR) is 137 cm³/mol. The SMILES string of the molecule is COc1nc(-c2cccc(-c3cccc(NC(=O)c4c[nH]c(=O)n(C)c4=O)c3C)c2Cl)ccc1C=O. The summed E-state index contributed by atoms with van der Waals surface area (Å²) in [5, 5.41) is 3.16. The van der Waals surface area contributed by atoms with E-state index in [4.69, 9.17) is 16.3 Å². The molecule has 0 saturated carbocycles. The lowest BCUT2D eigenvalue weighted by Crippen LogP contribution is -2.37. The third-order valence-corrected chi connectivity index (χ3v) is 6.19. The smallest absolute Gasteiger partial charge is 0.328 e. The predicted octanol–water partition coefficient (Wildman–Crippen LogP) is 3.84. The Hall–Kier alpha value is -4.50. The molecule has 0 saturated heterocycles. The Bertz CT molecular complexity index is 1620. The summed E-state index contributed by atoms with van der Waals surface area (Å²) in [6.45, 7) is 1.82. The summed E-state index contributed by atoms with van der Waals surface area (Å²) < 4.78 is 6.04. The highest BCUT2D eigenvalue weighted by Crippen LogP contribution is 2.39. The average molecular weight is 505 g/mol. The van der Waals surface area contributed by atoms with Crippen LogP contribution in [0.3, 0.4) is 0 Å². The van der Waals surface area contributed by atoms with Crippen molar-refractivity contribution in [3.63, 3.8) is 0 Å². The number of rotatable bonds is 6. The highest BCUT2D eigenvalue weighted by Gasteiger charge is 2.18. The molecule has 2 N–H and O–H groups in total. The molecule has 10 heteroatoms. The number of carbonyl (C=O) groups is 2. The fourth-order valence-corrected chi connectivity index (χ4v) is 4.10. The molecular formula is C26H21ClN4O5. The molecule has 0 aliphatic heterocycles. The van der Waals surface area contributed by atoms with Crippen LogP contribution < -0.4 is 21.3 Å². The third kappa shape index (κ3) is 4.44. The topological polar surface area (TPSA) is 123 Å². The first kappa shape index (κ1) is 24.6. The van der Waals surface area contributed by atoms with E-state index in [9.17, 15) is 19.2 Å². The van der Waals surface area contributed by atoms with Gasteiger partial charge in [-0.15, -0.1) is 0 Å². The number of hydrogen-bond donors (Lipinski definition) is 2. The Morgan fingerprint density at radius 1 is 1.08 bits per heavy atom. The number of amides is 1. The highest BCUT2D eigenvalue weighted by molar-refractivity contribution is 6.36. The summed E-state index contributed by atoms with van der Waals surface area (Å²) in [5.41, 5.74) is 2.62. The molecule has 0 atom stereocenters. The van der Waals surface area contributed by atoms with Crippen LogP contribution >= 0.6 is 11.6 Å². The number of aromatic nitrogens is 3. The van der Waals surface area contributed by atoms with E-state index in [0.29, 0.717) is 44.9 Å². The van der Waals surface area contributed by atoms with Crippen LogP contribution in [0.15, 0.2) is 64.3 Å². The van der Waals surface area contributed by atoms with Gasteiger partial charge < -0.3 is 15.0 Å². The number of aromatic amines is 1. The number of ether oxygens (including phenoxy) is 1. The van der Waals surface area contributed by atoms with Crippen LogP contribution in [0.5, 0.6) is 5.88 Å². The number of nitrogens with zero attached hydrogens (tertiary/aromatic N) is 2. The van der Waals surface area contributed by atoms with E-state index in [2.05, 4.69) is 15.3 Å². The number of nitrogens with one attached hydrogen (secondary N) is 2. The maximum absolute atomic E-state index is 12.8. The second kappa shape index (κ2) is 10.0. The summed E-state index contributed by atoms with van der Waals surface area (Å²) >= 11 is 6.81. The zero-order chi connectivity index (χ0) is 26.0. The Kier molecular flexibility index (Phi) is 6.84. The normalized spacial score (nSPS) is 10.7. The minimum absolute atomic E-state index is 0.193. The van der Waals surface area contributed by atoms with Gasteiger partial charge in [0, 0.05) is 30.1 Å². The van der Waals surface area contributed by atoms with Crippen LogP contribution in [-0.4, -0.2) is 33.8 Å². The molecule has 36 heavy (non-hydrogen) atoms. The maximum atomic E-state index is 12.8. The molecule has 0 bridgehead atoms. The van der Waals surface area contributed by atoms with Crippen molar-refractivity contribution in [2.24, 2.45) is 7.05 Å². The minimum Gasteiger partial charge on any atom is -0.480 e. The zero-order valence-corrected chi connectivity index (χ0v) is 20.3. The first-order valence-corrected chi connectivity index (χ1v) is 11.1. The summed E-state index contributed by atoms with van der Waals surface area (Å²) in [6, 6.07) is 14.1. The maximum Gasteiger partial charge on any atom is 0.328 e. The van der Waals surface area contributed by atoms with Crippen molar-refractivity contribution >= 4 is 29.5 Å². The van der Waals surface area contributed by atoms with Crippen LogP contribution in [0, 0.1) is 6.92 Å². The average Bonchev–Trinajstić information content (AvgIpc) is 2.88. The Labute approximate surface area is 210 Å². The molecule has 4 rings (SSSR count). The Balaban J connectivity index is 1.74. The van der Waals surface area contributed by atoms with Crippen LogP contribution in [0.2, 0.25) is 5.02 Å². The van der Waals surface area contributed by atoms with Crippen LogP contribution in [-0.2, 0) is 7.05 Å². The Morgan fingerprint density at radius 2 is 1.78 bits per heavy atom. The number of methoxy groups -OCH3 is 1.